The highest BCUT2D eigenvalue weighted by Crippen LogP contribution is 2.29. The van der Waals surface area contributed by atoms with Crippen LogP contribution in [-0.4, -0.2) is 12.6 Å². The fourth-order valence-electron chi connectivity index (χ4n) is 3.47. The second-order valence-corrected chi connectivity index (χ2v) is 6.16. The maximum absolute atomic E-state index is 3.80. The minimum Gasteiger partial charge on any atom is -0.314 e. The highest BCUT2D eigenvalue weighted by Gasteiger charge is 2.23. The summed E-state index contributed by atoms with van der Waals surface area (Å²) in [4.78, 5) is 0. The fraction of sp³-hybridized carbons (Fsp3) is 1.00. The molecule has 1 nitrogen and oxygen atoms in total. The molecule has 2 rings (SSSR count). The van der Waals surface area contributed by atoms with Crippen LogP contribution in [0.3, 0.4) is 0 Å². The molecule has 0 aliphatic heterocycles. The monoisotopic (exact) mass is 209 g/mol. The summed E-state index contributed by atoms with van der Waals surface area (Å²) >= 11 is 0. The standard InChI is InChI=1S/C14H27N/c1-11-4-3-5-13(8-11)10-15-14-7-6-12(2)9-14/h11-15H,3-10H2,1-2H3. The van der Waals surface area contributed by atoms with Crippen molar-refractivity contribution in [3.8, 4) is 0 Å². The number of nitrogens with one attached hydrogen (secondary N) is 1. The van der Waals surface area contributed by atoms with E-state index in [4.69, 9.17) is 0 Å². The molecule has 0 bridgehead atoms. The van der Waals surface area contributed by atoms with Gasteiger partial charge in [0.15, 0.2) is 0 Å². The SMILES string of the molecule is CC1CCCC(CNC2CCC(C)C2)C1. The normalized spacial score (nSPS) is 42.0. The Morgan fingerprint density at radius 1 is 0.933 bits per heavy atom. The smallest absolute Gasteiger partial charge is 0.00698 e. The van der Waals surface area contributed by atoms with Crippen molar-refractivity contribution in [3.05, 3.63) is 0 Å². The van der Waals surface area contributed by atoms with Crippen molar-refractivity contribution in [1.29, 1.82) is 0 Å². The third kappa shape index (κ3) is 3.48. The summed E-state index contributed by atoms with van der Waals surface area (Å²) < 4.78 is 0. The molecule has 2 fully saturated rings. The first-order valence-corrected chi connectivity index (χ1v) is 6.97. The number of rotatable bonds is 3. The average molecular weight is 209 g/mol. The molecule has 0 aromatic rings. The van der Waals surface area contributed by atoms with Crippen LogP contribution in [0.1, 0.15) is 58.8 Å². The van der Waals surface area contributed by atoms with Crippen molar-refractivity contribution in [2.24, 2.45) is 17.8 Å². The lowest BCUT2D eigenvalue weighted by molar-refractivity contribution is 0.266. The predicted molar refractivity (Wildman–Crippen MR) is 65.9 cm³/mol. The van der Waals surface area contributed by atoms with Gasteiger partial charge in [0.1, 0.15) is 0 Å². The first-order chi connectivity index (χ1) is 7.24. The van der Waals surface area contributed by atoms with E-state index in [0.717, 1.165) is 23.8 Å². The van der Waals surface area contributed by atoms with Gasteiger partial charge in [-0.2, -0.15) is 0 Å². The van der Waals surface area contributed by atoms with E-state index < -0.39 is 0 Å². The van der Waals surface area contributed by atoms with Gasteiger partial charge in [-0.25, -0.2) is 0 Å². The molecule has 0 aromatic carbocycles. The van der Waals surface area contributed by atoms with E-state index in [9.17, 15) is 0 Å². The fourth-order valence-corrected chi connectivity index (χ4v) is 3.47. The molecular formula is C14H27N. The van der Waals surface area contributed by atoms with Crippen molar-refractivity contribution in [1.82, 2.24) is 5.32 Å². The van der Waals surface area contributed by atoms with Crippen molar-refractivity contribution < 1.29 is 0 Å². The topological polar surface area (TPSA) is 12.0 Å². The first kappa shape index (κ1) is 11.4. The Kier molecular flexibility index (Phi) is 4.07. The maximum atomic E-state index is 3.80. The lowest BCUT2D eigenvalue weighted by atomic mass is 9.82. The largest absolute Gasteiger partial charge is 0.314 e. The minimum absolute atomic E-state index is 0.845. The van der Waals surface area contributed by atoms with Crippen LogP contribution in [0.4, 0.5) is 0 Å². The van der Waals surface area contributed by atoms with Gasteiger partial charge in [0.2, 0.25) is 0 Å². The summed E-state index contributed by atoms with van der Waals surface area (Å²) in [5, 5.41) is 3.80. The molecule has 2 aliphatic rings. The van der Waals surface area contributed by atoms with E-state index in [1.807, 2.05) is 0 Å². The van der Waals surface area contributed by atoms with Crippen molar-refractivity contribution in [3.63, 3.8) is 0 Å². The van der Waals surface area contributed by atoms with E-state index in [1.165, 1.54) is 51.5 Å². The summed E-state index contributed by atoms with van der Waals surface area (Å²) in [5.41, 5.74) is 0. The van der Waals surface area contributed by atoms with E-state index in [2.05, 4.69) is 19.2 Å². The van der Waals surface area contributed by atoms with E-state index in [0.29, 0.717) is 0 Å². The van der Waals surface area contributed by atoms with Gasteiger partial charge in [-0.05, 0) is 56.4 Å². The van der Waals surface area contributed by atoms with Crippen molar-refractivity contribution in [2.75, 3.05) is 6.54 Å². The van der Waals surface area contributed by atoms with Crippen LogP contribution >= 0.6 is 0 Å². The molecule has 2 saturated carbocycles. The zero-order valence-electron chi connectivity index (χ0n) is 10.5. The minimum atomic E-state index is 0.845. The summed E-state index contributed by atoms with van der Waals surface area (Å²) in [6.45, 7) is 6.11. The van der Waals surface area contributed by atoms with Gasteiger partial charge in [0.25, 0.3) is 0 Å². The summed E-state index contributed by atoms with van der Waals surface area (Å²) in [7, 11) is 0. The molecular weight excluding hydrogens is 182 g/mol. The molecule has 0 radical (unpaired) electrons. The van der Waals surface area contributed by atoms with Crippen LogP contribution in [0, 0.1) is 17.8 Å². The molecule has 0 aromatic heterocycles. The van der Waals surface area contributed by atoms with Crippen LogP contribution in [-0.2, 0) is 0 Å². The summed E-state index contributed by atoms with van der Waals surface area (Å²) in [5.74, 6) is 2.92. The Hall–Kier alpha value is -0.0400. The zero-order chi connectivity index (χ0) is 10.7. The number of hydrogen-bond acceptors (Lipinski definition) is 1. The molecule has 0 amide bonds. The Labute approximate surface area is 95.0 Å². The number of hydrogen-bond donors (Lipinski definition) is 1. The molecule has 15 heavy (non-hydrogen) atoms. The third-order valence-electron chi connectivity index (χ3n) is 4.44. The molecule has 4 unspecified atom stereocenters. The van der Waals surface area contributed by atoms with Crippen molar-refractivity contribution in [2.45, 2.75) is 64.8 Å². The van der Waals surface area contributed by atoms with Crippen molar-refractivity contribution >= 4 is 0 Å². The molecule has 0 heterocycles. The zero-order valence-corrected chi connectivity index (χ0v) is 10.5. The second-order valence-electron chi connectivity index (χ2n) is 6.16. The van der Waals surface area contributed by atoms with Gasteiger partial charge in [0, 0.05) is 6.04 Å². The molecule has 2 aliphatic carbocycles. The quantitative estimate of drug-likeness (QED) is 0.749. The van der Waals surface area contributed by atoms with Gasteiger partial charge >= 0.3 is 0 Å². The molecule has 4 atom stereocenters. The van der Waals surface area contributed by atoms with Gasteiger partial charge in [-0.1, -0.05) is 26.7 Å². The van der Waals surface area contributed by atoms with Crippen LogP contribution in [0.25, 0.3) is 0 Å². The molecule has 0 saturated heterocycles. The second kappa shape index (κ2) is 5.34. The highest BCUT2D eigenvalue weighted by molar-refractivity contribution is 4.80. The molecule has 0 spiro atoms. The third-order valence-corrected chi connectivity index (χ3v) is 4.44. The van der Waals surface area contributed by atoms with Gasteiger partial charge < -0.3 is 5.32 Å². The lowest BCUT2D eigenvalue weighted by Crippen LogP contribution is -2.33. The predicted octanol–water partition coefficient (Wildman–Crippen LogP) is 3.59. The van der Waals surface area contributed by atoms with Crippen LogP contribution in [0.15, 0.2) is 0 Å². The first-order valence-electron chi connectivity index (χ1n) is 6.97. The van der Waals surface area contributed by atoms with Gasteiger partial charge in [-0.15, -0.1) is 0 Å². The van der Waals surface area contributed by atoms with Crippen LogP contribution in [0.2, 0.25) is 0 Å². The Morgan fingerprint density at radius 3 is 2.40 bits per heavy atom. The maximum Gasteiger partial charge on any atom is 0.00698 e. The molecule has 88 valence electrons. The van der Waals surface area contributed by atoms with Crippen LogP contribution in [0.5, 0.6) is 0 Å². The van der Waals surface area contributed by atoms with E-state index >= 15 is 0 Å². The van der Waals surface area contributed by atoms with Gasteiger partial charge in [0.05, 0.1) is 0 Å². The van der Waals surface area contributed by atoms with Crippen LogP contribution < -0.4 is 5.32 Å². The summed E-state index contributed by atoms with van der Waals surface area (Å²) in [6.07, 6.45) is 10.2. The van der Waals surface area contributed by atoms with Gasteiger partial charge in [-0.3, -0.25) is 0 Å². The highest BCUT2D eigenvalue weighted by atomic mass is 14.9. The molecule has 1 heteroatoms. The Morgan fingerprint density at radius 2 is 1.73 bits per heavy atom. The van der Waals surface area contributed by atoms with E-state index in [1.54, 1.807) is 0 Å². The molecule has 1 N–H and O–H groups in total. The Bertz CT molecular complexity index is 190. The summed E-state index contributed by atoms with van der Waals surface area (Å²) in [6, 6.07) is 0.845. The lowest BCUT2D eigenvalue weighted by Gasteiger charge is -2.28. The average Bonchev–Trinajstić information content (AvgIpc) is 2.62. The Balaban J connectivity index is 1.64. The van der Waals surface area contributed by atoms with E-state index in [-0.39, 0.29) is 0 Å².